The molecule has 0 saturated heterocycles. The number of aliphatic hydroxyl groups excluding tert-OH is 1. The van der Waals surface area contributed by atoms with E-state index in [4.69, 9.17) is 15.9 Å². The minimum atomic E-state index is -1.67. The monoisotopic (exact) mass is 404 g/mol. The van der Waals surface area contributed by atoms with E-state index < -0.39 is 66.9 Å². The van der Waals surface area contributed by atoms with Crippen LogP contribution < -0.4 is 21.7 Å². The third kappa shape index (κ3) is 9.28. The number of carboxylic acid groups (broad SMARTS) is 2. The lowest BCUT2D eigenvalue weighted by Gasteiger charge is -2.22. The van der Waals surface area contributed by atoms with Crippen LogP contribution in [0.15, 0.2) is 0 Å². The Morgan fingerprint density at radius 1 is 0.857 bits per heavy atom. The van der Waals surface area contributed by atoms with Crippen LogP contribution in [0.25, 0.3) is 0 Å². The molecule has 28 heavy (non-hydrogen) atoms. The summed E-state index contributed by atoms with van der Waals surface area (Å²) in [5.74, 6) is -5.31. The number of amides is 3. The summed E-state index contributed by atoms with van der Waals surface area (Å²) >= 11 is 0. The van der Waals surface area contributed by atoms with Crippen molar-refractivity contribution in [3.8, 4) is 0 Å². The summed E-state index contributed by atoms with van der Waals surface area (Å²) in [6, 6.07) is -5.17. The maximum atomic E-state index is 12.1. The van der Waals surface area contributed by atoms with Crippen molar-refractivity contribution in [2.45, 2.75) is 57.8 Å². The largest absolute Gasteiger partial charge is 0.481 e. The Bertz CT molecular complexity index is 595. The summed E-state index contributed by atoms with van der Waals surface area (Å²) in [6.07, 6.45) is -0.477. The lowest BCUT2D eigenvalue weighted by molar-refractivity contribution is -0.147. The van der Waals surface area contributed by atoms with Crippen LogP contribution in [-0.4, -0.2) is 75.8 Å². The van der Waals surface area contributed by atoms with Crippen LogP contribution in [0, 0.1) is 5.92 Å². The molecule has 4 atom stereocenters. The standard InChI is InChI=1S/C16H28N4O8/c1-7(2)4-9(17)14(25)20-11(6-21)15(26)18-8(3)13(24)19-10(16(27)28)5-12(22)23/h7-11,21H,4-6,17H2,1-3H3,(H,18,26)(H,19,24)(H,20,25)(H,22,23)(H,27,28). The summed E-state index contributed by atoms with van der Waals surface area (Å²) in [6.45, 7) is 4.20. The summed E-state index contributed by atoms with van der Waals surface area (Å²) < 4.78 is 0. The number of rotatable bonds is 12. The number of hydrogen-bond acceptors (Lipinski definition) is 7. The van der Waals surface area contributed by atoms with Gasteiger partial charge in [0, 0.05) is 0 Å². The first-order valence-electron chi connectivity index (χ1n) is 8.61. The third-order valence-electron chi connectivity index (χ3n) is 3.62. The molecule has 0 radical (unpaired) electrons. The van der Waals surface area contributed by atoms with Crippen LogP contribution in [0.1, 0.15) is 33.6 Å². The number of aliphatic carboxylic acids is 2. The lowest BCUT2D eigenvalue weighted by atomic mass is 10.0. The molecular formula is C16H28N4O8. The molecule has 8 N–H and O–H groups in total. The zero-order valence-corrected chi connectivity index (χ0v) is 16.0. The Morgan fingerprint density at radius 2 is 1.39 bits per heavy atom. The van der Waals surface area contributed by atoms with E-state index in [0.717, 1.165) is 0 Å². The number of aliphatic hydroxyl groups is 1. The van der Waals surface area contributed by atoms with Crippen LogP contribution >= 0.6 is 0 Å². The molecule has 0 aliphatic carbocycles. The molecule has 0 bridgehead atoms. The maximum Gasteiger partial charge on any atom is 0.326 e. The van der Waals surface area contributed by atoms with Gasteiger partial charge >= 0.3 is 11.9 Å². The molecular weight excluding hydrogens is 376 g/mol. The molecule has 4 unspecified atom stereocenters. The van der Waals surface area contributed by atoms with Gasteiger partial charge in [-0.25, -0.2) is 4.79 Å². The second-order valence-electron chi connectivity index (χ2n) is 6.71. The Labute approximate surface area is 161 Å². The summed E-state index contributed by atoms with van der Waals surface area (Å²) in [4.78, 5) is 57.7. The van der Waals surface area contributed by atoms with E-state index in [9.17, 15) is 29.1 Å². The predicted molar refractivity (Wildman–Crippen MR) is 95.9 cm³/mol. The minimum absolute atomic E-state index is 0.138. The number of carbonyl (C=O) groups is 5. The molecule has 0 aliphatic heterocycles. The van der Waals surface area contributed by atoms with Crippen LogP contribution in [0.2, 0.25) is 0 Å². The van der Waals surface area contributed by atoms with Gasteiger partial charge in [-0.05, 0) is 19.3 Å². The number of nitrogens with one attached hydrogen (secondary N) is 3. The van der Waals surface area contributed by atoms with Crippen LogP contribution in [0.3, 0.4) is 0 Å². The van der Waals surface area contributed by atoms with Crippen molar-refractivity contribution >= 4 is 29.7 Å². The second-order valence-corrected chi connectivity index (χ2v) is 6.71. The Hall–Kier alpha value is -2.73. The van der Waals surface area contributed by atoms with Gasteiger partial charge in [0.15, 0.2) is 0 Å². The highest BCUT2D eigenvalue weighted by molar-refractivity contribution is 5.94. The number of nitrogens with two attached hydrogens (primary N) is 1. The number of hydrogen-bond donors (Lipinski definition) is 7. The topological polar surface area (TPSA) is 208 Å². The molecule has 3 amide bonds. The fraction of sp³-hybridized carbons (Fsp3) is 0.688. The molecule has 12 heteroatoms. The van der Waals surface area contributed by atoms with E-state index in [1.54, 1.807) is 0 Å². The Balaban J connectivity index is 4.82. The number of carboxylic acids is 2. The van der Waals surface area contributed by atoms with Gasteiger partial charge < -0.3 is 37.0 Å². The number of carbonyl (C=O) groups excluding carboxylic acids is 3. The molecule has 0 aromatic heterocycles. The molecule has 0 aromatic rings. The van der Waals surface area contributed by atoms with Gasteiger partial charge in [-0.3, -0.25) is 19.2 Å². The zero-order valence-electron chi connectivity index (χ0n) is 16.0. The van der Waals surface area contributed by atoms with Crippen LogP contribution in [0.4, 0.5) is 0 Å². The fourth-order valence-electron chi connectivity index (χ4n) is 2.14. The van der Waals surface area contributed by atoms with Gasteiger partial charge in [-0.1, -0.05) is 13.8 Å². The quantitative estimate of drug-likeness (QED) is 0.181. The van der Waals surface area contributed by atoms with Gasteiger partial charge in [0.05, 0.1) is 19.1 Å². The highest BCUT2D eigenvalue weighted by Gasteiger charge is 2.29. The van der Waals surface area contributed by atoms with Gasteiger partial charge in [0.25, 0.3) is 0 Å². The summed E-state index contributed by atoms with van der Waals surface area (Å²) in [7, 11) is 0. The Morgan fingerprint density at radius 3 is 1.82 bits per heavy atom. The molecule has 0 fully saturated rings. The predicted octanol–water partition coefficient (Wildman–Crippen LogP) is -2.61. The van der Waals surface area contributed by atoms with Gasteiger partial charge in [-0.15, -0.1) is 0 Å². The molecule has 0 saturated carbocycles. The van der Waals surface area contributed by atoms with E-state index in [1.165, 1.54) is 6.92 Å². The first-order chi connectivity index (χ1) is 12.9. The van der Waals surface area contributed by atoms with Gasteiger partial charge in [0.1, 0.15) is 18.1 Å². The first kappa shape index (κ1) is 25.3. The lowest BCUT2D eigenvalue weighted by Crippen LogP contribution is -2.57. The van der Waals surface area contributed by atoms with Gasteiger partial charge in [0.2, 0.25) is 17.7 Å². The fourth-order valence-corrected chi connectivity index (χ4v) is 2.14. The van der Waals surface area contributed by atoms with Crippen molar-refractivity contribution in [2.75, 3.05) is 6.61 Å². The molecule has 0 aliphatic rings. The maximum absolute atomic E-state index is 12.1. The van der Waals surface area contributed by atoms with E-state index in [2.05, 4.69) is 10.6 Å². The van der Waals surface area contributed by atoms with Gasteiger partial charge in [-0.2, -0.15) is 0 Å². The molecule has 0 aromatic carbocycles. The minimum Gasteiger partial charge on any atom is -0.481 e. The average molecular weight is 404 g/mol. The van der Waals surface area contributed by atoms with Crippen LogP contribution in [-0.2, 0) is 24.0 Å². The normalized spacial score (nSPS) is 15.1. The molecule has 0 spiro atoms. The van der Waals surface area contributed by atoms with Crippen molar-refractivity contribution in [3.05, 3.63) is 0 Å². The zero-order chi connectivity index (χ0) is 22.0. The van der Waals surface area contributed by atoms with Crippen molar-refractivity contribution in [2.24, 2.45) is 11.7 Å². The SMILES string of the molecule is CC(C)CC(N)C(=O)NC(CO)C(=O)NC(C)C(=O)NC(CC(=O)O)C(=O)O. The van der Waals surface area contributed by atoms with E-state index in [1.807, 2.05) is 19.2 Å². The van der Waals surface area contributed by atoms with E-state index >= 15 is 0 Å². The van der Waals surface area contributed by atoms with Crippen molar-refractivity contribution < 1.29 is 39.3 Å². The summed E-state index contributed by atoms with van der Waals surface area (Å²) in [5, 5.41) is 33.4. The molecule has 0 heterocycles. The Kier molecular flexibility index (Phi) is 10.7. The van der Waals surface area contributed by atoms with Crippen molar-refractivity contribution in [1.29, 1.82) is 0 Å². The van der Waals surface area contributed by atoms with Crippen molar-refractivity contribution in [1.82, 2.24) is 16.0 Å². The highest BCUT2D eigenvalue weighted by atomic mass is 16.4. The summed E-state index contributed by atoms with van der Waals surface area (Å²) in [5.41, 5.74) is 5.70. The first-order valence-corrected chi connectivity index (χ1v) is 8.61. The van der Waals surface area contributed by atoms with Crippen LogP contribution in [0.5, 0.6) is 0 Å². The highest BCUT2D eigenvalue weighted by Crippen LogP contribution is 2.03. The molecule has 12 nitrogen and oxygen atoms in total. The molecule has 160 valence electrons. The average Bonchev–Trinajstić information content (AvgIpc) is 2.57. The third-order valence-corrected chi connectivity index (χ3v) is 3.62. The van der Waals surface area contributed by atoms with Crippen molar-refractivity contribution in [3.63, 3.8) is 0 Å². The smallest absolute Gasteiger partial charge is 0.326 e. The van der Waals surface area contributed by atoms with E-state index in [-0.39, 0.29) is 5.92 Å². The second kappa shape index (κ2) is 11.9. The molecule has 0 rings (SSSR count). The van der Waals surface area contributed by atoms with E-state index in [0.29, 0.717) is 6.42 Å².